The molecule has 1 aliphatic rings. The summed E-state index contributed by atoms with van der Waals surface area (Å²) in [5.41, 5.74) is 1.27. The van der Waals surface area contributed by atoms with Crippen LogP contribution in [0.4, 0.5) is 0 Å². The van der Waals surface area contributed by atoms with Gasteiger partial charge < -0.3 is 10.6 Å². The van der Waals surface area contributed by atoms with Crippen molar-refractivity contribution in [2.75, 3.05) is 32.7 Å². The molecule has 20 heavy (non-hydrogen) atoms. The second kappa shape index (κ2) is 7.41. The second-order valence-electron chi connectivity index (χ2n) is 5.71. The SMILES string of the molecule is CC(CNC(=O)CN1CCN[C@H](C)C1)c1ccccc1. The first kappa shape index (κ1) is 15.0. The fourth-order valence-corrected chi connectivity index (χ4v) is 2.58. The summed E-state index contributed by atoms with van der Waals surface area (Å²) >= 11 is 0. The van der Waals surface area contributed by atoms with E-state index in [-0.39, 0.29) is 5.91 Å². The van der Waals surface area contributed by atoms with Gasteiger partial charge in [0.2, 0.25) is 5.91 Å². The minimum atomic E-state index is 0.127. The van der Waals surface area contributed by atoms with E-state index >= 15 is 0 Å². The Morgan fingerprint density at radius 3 is 2.90 bits per heavy atom. The highest BCUT2D eigenvalue weighted by Gasteiger charge is 2.18. The maximum atomic E-state index is 12.0. The molecule has 1 aromatic rings. The monoisotopic (exact) mass is 275 g/mol. The van der Waals surface area contributed by atoms with Gasteiger partial charge in [0.25, 0.3) is 0 Å². The number of piperazine rings is 1. The Balaban J connectivity index is 1.72. The molecule has 110 valence electrons. The minimum Gasteiger partial charge on any atom is -0.354 e. The number of nitrogens with one attached hydrogen (secondary N) is 2. The standard InChI is InChI=1S/C16H25N3O/c1-13(15-6-4-3-5-7-15)10-18-16(20)12-19-9-8-17-14(2)11-19/h3-7,13-14,17H,8-12H2,1-2H3,(H,18,20)/t13?,14-/m1/s1. The summed E-state index contributed by atoms with van der Waals surface area (Å²) in [5, 5.41) is 6.43. The fraction of sp³-hybridized carbons (Fsp3) is 0.562. The molecule has 1 fully saturated rings. The van der Waals surface area contributed by atoms with Crippen molar-refractivity contribution in [3.05, 3.63) is 35.9 Å². The third kappa shape index (κ3) is 4.62. The van der Waals surface area contributed by atoms with E-state index in [2.05, 4.69) is 41.5 Å². The van der Waals surface area contributed by atoms with Crippen molar-refractivity contribution in [2.45, 2.75) is 25.8 Å². The Hall–Kier alpha value is -1.39. The van der Waals surface area contributed by atoms with Gasteiger partial charge in [0.15, 0.2) is 0 Å². The van der Waals surface area contributed by atoms with Crippen LogP contribution in [0.1, 0.15) is 25.3 Å². The van der Waals surface area contributed by atoms with Gasteiger partial charge in [0.1, 0.15) is 0 Å². The molecule has 2 rings (SSSR count). The third-order valence-electron chi connectivity index (χ3n) is 3.79. The maximum Gasteiger partial charge on any atom is 0.234 e. The molecule has 0 bridgehead atoms. The van der Waals surface area contributed by atoms with Crippen LogP contribution in [0.25, 0.3) is 0 Å². The first-order valence-corrected chi connectivity index (χ1v) is 7.42. The van der Waals surface area contributed by atoms with Gasteiger partial charge in [-0.15, -0.1) is 0 Å². The van der Waals surface area contributed by atoms with Crippen LogP contribution in [-0.2, 0) is 4.79 Å². The first-order chi connectivity index (χ1) is 9.65. The second-order valence-corrected chi connectivity index (χ2v) is 5.71. The lowest BCUT2D eigenvalue weighted by Crippen LogP contribution is -2.52. The van der Waals surface area contributed by atoms with Crippen molar-refractivity contribution in [1.29, 1.82) is 0 Å². The Morgan fingerprint density at radius 2 is 2.20 bits per heavy atom. The molecule has 0 aromatic heterocycles. The van der Waals surface area contributed by atoms with Crippen molar-refractivity contribution in [2.24, 2.45) is 0 Å². The highest BCUT2D eigenvalue weighted by molar-refractivity contribution is 5.78. The number of hydrogen-bond acceptors (Lipinski definition) is 3. The van der Waals surface area contributed by atoms with E-state index < -0.39 is 0 Å². The summed E-state index contributed by atoms with van der Waals surface area (Å²) in [4.78, 5) is 14.2. The highest BCUT2D eigenvalue weighted by atomic mass is 16.2. The molecule has 0 spiro atoms. The molecule has 4 heteroatoms. The van der Waals surface area contributed by atoms with Gasteiger partial charge in [-0.25, -0.2) is 0 Å². The van der Waals surface area contributed by atoms with Gasteiger partial charge in [0, 0.05) is 32.2 Å². The molecule has 2 atom stereocenters. The van der Waals surface area contributed by atoms with E-state index in [0.29, 0.717) is 25.0 Å². The Labute approximate surface area is 121 Å². The topological polar surface area (TPSA) is 44.4 Å². The van der Waals surface area contributed by atoms with E-state index in [9.17, 15) is 4.79 Å². The van der Waals surface area contributed by atoms with E-state index in [1.54, 1.807) is 0 Å². The lowest BCUT2D eigenvalue weighted by Gasteiger charge is -2.31. The van der Waals surface area contributed by atoms with Crippen LogP contribution in [0.15, 0.2) is 30.3 Å². The van der Waals surface area contributed by atoms with Gasteiger partial charge in [-0.1, -0.05) is 37.3 Å². The van der Waals surface area contributed by atoms with Crippen LogP contribution in [0.3, 0.4) is 0 Å². The molecule has 4 nitrogen and oxygen atoms in total. The first-order valence-electron chi connectivity index (χ1n) is 7.42. The number of carbonyl (C=O) groups excluding carboxylic acids is 1. The Morgan fingerprint density at radius 1 is 1.45 bits per heavy atom. The van der Waals surface area contributed by atoms with Gasteiger partial charge in [-0.3, -0.25) is 9.69 Å². The summed E-state index contributed by atoms with van der Waals surface area (Å²) in [5.74, 6) is 0.476. The minimum absolute atomic E-state index is 0.127. The number of carbonyl (C=O) groups is 1. The lowest BCUT2D eigenvalue weighted by atomic mass is 10.0. The molecule has 2 N–H and O–H groups in total. The van der Waals surface area contributed by atoms with Crippen molar-refractivity contribution in [3.63, 3.8) is 0 Å². The van der Waals surface area contributed by atoms with Crippen LogP contribution < -0.4 is 10.6 Å². The van der Waals surface area contributed by atoms with Crippen molar-refractivity contribution < 1.29 is 4.79 Å². The molecule has 0 saturated carbocycles. The molecule has 0 radical (unpaired) electrons. The van der Waals surface area contributed by atoms with Crippen LogP contribution in [0.2, 0.25) is 0 Å². The molecule has 1 aromatic carbocycles. The number of rotatable bonds is 5. The molecule has 1 heterocycles. The number of amides is 1. The maximum absolute atomic E-state index is 12.0. The van der Waals surface area contributed by atoms with Crippen LogP contribution >= 0.6 is 0 Å². The highest BCUT2D eigenvalue weighted by Crippen LogP contribution is 2.12. The van der Waals surface area contributed by atoms with Crippen LogP contribution in [0.5, 0.6) is 0 Å². The fourth-order valence-electron chi connectivity index (χ4n) is 2.58. The molecule has 1 aliphatic heterocycles. The van der Waals surface area contributed by atoms with E-state index in [4.69, 9.17) is 0 Å². The van der Waals surface area contributed by atoms with Crippen molar-refractivity contribution in [1.82, 2.24) is 15.5 Å². The molecule has 1 amide bonds. The predicted octanol–water partition coefficient (Wildman–Crippen LogP) is 1.20. The summed E-state index contributed by atoms with van der Waals surface area (Å²) in [6, 6.07) is 10.8. The zero-order valence-electron chi connectivity index (χ0n) is 12.4. The summed E-state index contributed by atoms with van der Waals surface area (Å²) < 4.78 is 0. The quantitative estimate of drug-likeness (QED) is 0.849. The van der Waals surface area contributed by atoms with Gasteiger partial charge in [0.05, 0.1) is 6.54 Å². The smallest absolute Gasteiger partial charge is 0.234 e. The Bertz CT molecular complexity index is 421. The summed E-state index contributed by atoms with van der Waals surface area (Å²) in [6.07, 6.45) is 0. The third-order valence-corrected chi connectivity index (χ3v) is 3.79. The zero-order chi connectivity index (χ0) is 14.4. The largest absolute Gasteiger partial charge is 0.354 e. The van der Waals surface area contributed by atoms with E-state index in [0.717, 1.165) is 19.6 Å². The average molecular weight is 275 g/mol. The molecule has 1 saturated heterocycles. The van der Waals surface area contributed by atoms with Crippen molar-refractivity contribution >= 4 is 5.91 Å². The van der Waals surface area contributed by atoms with Crippen LogP contribution in [0, 0.1) is 0 Å². The molecule has 1 unspecified atom stereocenters. The Kier molecular flexibility index (Phi) is 5.56. The lowest BCUT2D eigenvalue weighted by molar-refractivity contribution is -0.122. The number of nitrogens with zero attached hydrogens (tertiary/aromatic N) is 1. The molecule has 0 aliphatic carbocycles. The average Bonchev–Trinajstić information content (AvgIpc) is 2.46. The van der Waals surface area contributed by atoms with Gasteiger partial charge >= 0.3 is 0 Å². The van der Waals surface area contributed by atoms with E-state index in [1.165, 1.54) is 5.56 Å². The van der Waals surface area contributed by atoms with Crippen LogP contribution in [-0.4, -0.2) is 49.6 Å². The number of benzene rings is 1. The van der Waals surface area contributed by atoms with E-state index in [1.807, 2.05) is 18.2 Å². The molecular formula is C16H25N3O. The molecular weight excluding hydrogens is 250 g/mol. The van der Waals surface area contributed by atoms with Gasteiger partial charge in [-0.2, -0.15) is 0 Å². The zero-order valence-corrected chi connectivity index (χ0v) is 12.4. The van der Waals surface area contributed by atoms with Crippen molar-refractivity contribution in [3.8, 4) is 0 Å². The summed E-state index contributed by atoms with van der Waals surface area (Å²) in [7, 11) is 0. The summed E-state index contributed by atoms with van der Waals surface area (Å²) in [6.45, 7) is 8.37. The predicted molar refractivity (Wildman–Crippen MR) is 81.8 cm³/mol. The normalized spacial score (nSPS) is 21.4. The number of hydrogen-bond donors (Lipinski definition) is 2. The van der Waals surface area contributed by atoms with Gasteiger partial charge in [-0.05, 0) is 18.4 Å².